The van der Waals surface area contributed by atoms with Gasteiger partial charge in [-0.1, -0.05) is 88.1 Å². The first kappa shape index (κ1) is 48.6. The number of rotatable bonds is 21. The zero-order valence-corrected chi connectivity index (χ0v) is 38.7. The van der Waals surface area contributed by atoms with Gasteiger partial charge in [0.1, 0.15) is 24.2 Å². The molecule has 2 aromatic carbocycles. The Kier molecular flexibility index (Phi) is 18.2. The van der Waals surface area contributed by atoms with Gasteiger partial charge in [0.15, 0.2) is 0 Å². The molecular formula is C50H74N8O6. The lowest BCUT2D eigenvalue weighted by Crippen LogP contribution is -2.56. The van der Waals surface area contributed by atoms with Gasteiger partial charge in [0.2, 0.25) is 35.4 Å². The van der Waals surface area contributed by atoms with Crippen LogP contribution in [0.3, 0.4) is 0 Å². The predicted octanol–water partition coefficient (Wildman–Crippen LogP) is 4.66. The third-order valence-corrected chi connectivity index (χ3v) is 14.2. The molecule has 6 rings (SSSR count). The monoisotopic (exact) mass is 883 g/mol. The van der Waals surface area contributed by atoms with Gasteiger partial charge in [-0.05, 0) is 126 Å². The van der Waals surface area contributed by atoms with Crippen LogP contribution in [0, 0.1) is 0 Å². The second-order valence-corrected chi connectivity index (χ2v) is 18.3. The molecule has 6 N–H and O–H groups in total. The van der Waals surface area contributed by atoms with E-state index in [4.69, 9.17) is 0 Å². The fourth-order valence-electron chi connectivity index (χ4n) is 10.5. The number of likely N-dealkylation sites (N-methyl/N-ethyl adjacent to an activating group) is 2. The molecule has 0 radical (unpaired) electrons. The first-order valence-corrected chi connectivity index (χ1v) is 24.4. The Morgan fingerprint density at radius 3 is 1.34 bits per heavy atom. The minimum atomic E-state index is -0.792. The third-order valence-electron chi connectivity index (χ3n) is 14.2. The van der Waals surface area contributed by atoms with Crippen LogP contribution < -0.4 is 31.9 Å². The van der Waals surface area contributed by atoms with E-state index in [1.165, 1.54) is 11.1 Å². The highest BCUT2D eigenvalue weighted by molar-refractivity contribution is 5.94. The maximum atomic E-state index is 14.3. The van der Waals surface area contributed by atoms with E-state index in [2.05, 4.69) is 56.2 Å². The van der Waals surface area contributed by atoms with Crippen molar-refractivity contribution >= 4 is 35.4 Å². The molecule has 0 saturated carbocycles. The Morgan fingerprint density at radius 2 is 0.953 bits per heavy atom. The number of aryl methyl sites for hydroxylation is 2. The largest absolute Gasteiger partial charge is 0.347 e. The number of benzene rings is 2. The molecule has 2 heterocycles. The fraction of sp³-hybridized carbons (Fsp3) is 0.640. The van der Waals surface area contributed by atoms with Crippen molar-refractivity contribution in [3.05, 3.63) is 70.8 Å². The topological polar surface area (TPSA) is 181 Å². The van der Waals surface area contributed by atoms with Gasteiger partial charge in [-0.25, -0.2) is 0 Å². The van der Waals surface area contributed by atoms with Crippen LogP contribution in [0.25, 0.3) is 0 Å². The molecule has 2 fully saturated rings. The minimum absolute atomic E-state index is 0.0904. The predicted molar refractivity (Wildman–Crippen MR) is 248 cm³/mol. The molecule has 0 unspecified atom stereocenters. The second-order valence-electron chi connectivity index (χ2n) is 18.3. The van der Waals surface area contributed by atoms with Crippen molar-refractivity contribution < 1.29 is 28.8 Å². The van der Waals surface area contributed by atoms with E-state index in [1.54, 1.807) is 23.9 Å². The highest BCUT2D eigenvalue weighted by Gasteiger charge is 2.41. The van der Waals surface area contributed by atoms with Gasteiger partial charge in [0, 0.05) is 13.1 Å². The number of nitrogens with zero attached hydrogens (tertiary/aromatic N) is 2. The normalized spacial score (nSPS) is 22.3. The lowest BCUT2D eigenvalue weighted by Gasteiger charge is -2.32. The van der Waals surface area contributed by atoms with Crippen molar-refractivity contribution in [2.45, 2.75) is 178 Å². The average molecular weight is 883 g/mol. The van der Waals surface area contributed by atoms with Gasteiger partial charge in [0.25, 0.3) is 0 Å². The van der Waals surface area contributed by atoms with Crippen molar-refractivity contribution in [1.82, 2.24) is 41.7 Å². The lowest BCUT2D eigenvalue weighted by molar-refractivity contribution is -0.142. The van der Waals surface area contributed by atoms with E-state index >= 15 is 0 Å². The van der Waals surface area contributed by atoms with Crippen molar-refractivity contribution in [2.75, 3.05) is 27.2 Å². The maximum Gasteiger partial charge on any atom is 0.245 e. The molecule has 4 aliphatic rings. The molecule has 14 nitrogen and oxygen atoms in total. The first-order chi connectivity index (χ1) is 31.1. The van der Waals surface area contributed by atoms with Gasteiger partial charge >= 0.3 is 0 Å². The Hall–Kier alpha value is -4.82. The number of fused-ring (bicyclic) bond motifs is 2. The number of likely N-dealkylation sites (tertiary alicyclic amines) is 2. The average Bonchev–Trinajstić information content (AvgIpc) is 4.02. The van der Waals surface area contributed by atoms with Crippen molar-refractivity contribution in [3.8, 4) is 0 Å². The molecule has 64 heavy (non-hydrogen) atoms. The quantitative estimate of drug-likeness (QED) is 0.0980. The second kappa shape index (κ2) is 23.9. The van der Waals surface area contributed by atoms with E-state index < -0.39 is 36.3 Å². The fourth-order valence-corrected chi connectivity index (χ4v) is 10.5. The number of unbranched alkanes of at least 4 members (excludes halogenated alkanes) is 3. The first-order valence-electron chi connectivity index (χ1n) is 24.4. The summed E-state index contributed by atoms with van der Waals surface area (Å²) < 4.78 is 0. The molecule has 2 aliphatic heterocycles. The molecule has 0 bridgehead atoms. The number of carbonyl (C=O) groups is 6. The standard InChI is InChI=1S/C50H74N8O6/c1-5-37(51-3)45(59)55-41(49(63)57-31-17-29-43(57)47(61)53-39-27-15-21-33-19-11-13-23-35(33)39)25-9-7-8-10-26-42(56-46(60)38(6-2)52-4)50(64)58-32-18-30-44(58)48(62)54-40-28-16-22-34-20-12-14-24-36(34)40/h11-14,19-20,23-24,37-44,51-52H,5-10,15-18,21-22,25-32H2,1-4H3,(H,53,61)(H,54,62)(H,55,59)(H,56,60)/t37-,38-,39+,40+,41-,42-,43-,44-/m0/s1. The van der Waals surface area contributed by atoms with Gasteiger partial charge in [0.05, 0.1) is 24.2 Å². The van der Waals surface area contributed by atoms with E-state index in [1.807, 2.05) is 38.1 Å². The van der Waals surface area contributed by atoms with Crippen LogP contribution in [0.5, 0.6) is 0 Å². The molecule has 0 spiro atoms. The van der Waals surface area contributed by atoms with Crippen LogP contribution in [0.1, 0.15) is 151 Å². The summed E-state index contributed by atoms with van der Waals surface area (Å²) in [6.07, 6.45) is 12.9. The molecule has 2 aliphatic carbocycles. The summed E-state index contributed by atoms with van der Waals surface area (Å²) >= 11 is 0. The number of hydrogen-bond donors (Lipinski definition) is 6. The summed E-state index contributed by atoms with van der Waals surface area (Å²) in [5, 5.41) is 18.7. The molecule has 350 valence electrons. The third kappa shape index (κ3) is 12.1. The highest BCUT2D eigenvalue weighted by atomic mass is 16.2. The summed E-state index contributed by atoms with van der Waals surface area (Å²) in [5.74, 6) is -1.26. The Labute approximate surface area is 380 Å². The summed E-state index contributed by atoms with van der Waals surface area (Å²) in [7, 11) is 3.46. The van der Waals surface area contributed by atoms with Gasteiger partial charge < -0.3 is 41.7 Å². The molecular weight excluding hydrogens is 809 g/mol. The van der Waals surface area contributed by atoms with Crippen LogP contribution in [0.15, 0.2) is 48.5 Å². The smallest absolute Gasteiger partial charge is 0.245 e. The molecule has 0 aromatic heterocycles. The van der Waals surface area contributed by atoms with Crippen molar-refractivity contribution in [2.24, 2.45) is 0 Å². The van der Waals surface area contributed by atoms with Gasteiger partial charge in [-0.2, -0.15) is 0 Å². The Bertz CT molecular complexity index is 1780. The van der Waals surface area contributed by atoms with Crippen LogP contribution in [0.2, 0.25) is 0 Å². The zero-order valence-electron chi connectivity index (χ0n) is 38.7. The van der Waals surface area contributed by atoms with E-state index in [0.29, 0.717) is 77.3 Å². The van der Waals surface area contributed by atoms with Gasteiger partial charge in [-0.15, -0.1) is 0 Å². The van der Waals surface area contributed by atoms with E-state index in [9.17, 15) is 28.8 Å². The summed E-state index contributed by atoms with van der Waals surface area (Å²) in [6.45, 7) is 4.74. The highest BCUT2D eigenvalue weighted by Crippen LogP contribution is 2.32. The van der Waals surface area contributed by atoms with Crippen LogP contribution in [0.4, 0.5) is 0 Å². The van der Waals surface area contributed by atoms with E-state index in [0.717, 1.165) is 62.5 Å². The zero-order chi connectivity index (χ0) is 45.6. The maximum absolute atomic E-state index is 14.3. The SMILES string of the molecule is CC[C@H](NC)C(=O)N[C@@H](CCCCCC[C@H](NC(=O)[C@H](CC)NC)C(=O)N1CCC[C@H]1C(=O)N[C@@H]1CCCc2ccccc21)C(=O)N1CCC[C@H]1C(=O)N[C@@H]1CCCc2ccccc21. The van der Waals surface area contributed by atoms with Crippen LogP contribution >= 0.6 is 0 Å². The summed E-state index contributed by atoms with van der Waals surface area (Å²) in [6, 6.07) is 12.6. The number of carbonyl (C=O) groups excluding carboxylic acids is 6. The summed E-state index contributed by atoms with van der Waals surface area (Å²) in [4.78, 5) is 86.5. The molecule has 6 amide bonds. The number of hydrogen-bond acceptors (Lipinski definition) is 8. The Balaban J connectivity index is 1.06. The molecule has 2 aromatic rings. The summed E-state index contributed by atoms with van der Waals surface area (Å²) in [5.41, 5.74) is 4.80. The van der Waals surface area contributed by atoms with Gasteiger partial charge in [-0.3, -0.25) is 28.8 Å². The molecule has 8 atom stereocenters. The number of nitrogens with one attached hydrogen (secondary N) is 6. The lowest BCUT2D eigenvalue weighted by atomic mass is 9.87. The molecule has 2 saturated heterocycles. The Morgan fingerprint density at radius 1 is 0.547 bits per heavy atom. The van der Waals surface area contributed by atoms with Crippen LogP contribution in [-0.2, 0) is 41.6 Å². The molecule has 14 heteroatoms. The van der Waals surface area contributed by atoms with Crippen LogP contribution in [-0.4, -0.2) is 109 Å². The van der Waals surface area contributed by atoms with E-state index in [-0.39, 0.29) is 47.5 Å². The van der Waals surface area contributed by atoms with Crippen molar-refractivity contribution in [3.63, 3.8) is 0 Å². The van der Waals surface area contributed by atoms with Crippen molar-refractivity contribution in [1.29, 1.82) is 0 Å². The minimum Gasteiger partial charge on any atom is -0.347 e. The number of amides is 6.